The van der Waals surface area contributed by atoms with Crippen molar-refractivity contribution in [1.82, 2.24) is 0 Å². The molecule has 1 saturated heterocycles. The molecule has 1 aliphatic carbocycles. The van der Waals surface area contributed by atoms with Gasteiger partial charge in [-0.2, -0.15) is 0 Å². The molecule has 0 radical (unpaired) electrons. The fraction of sp³-hybridized carbons (Fsp3) is 0.529. The fourth-order valence-corrected chi connectivity index (χ4v) is 7.95. The average Bonchev–Trinajstić information content (AvgIpc) is 2.62. The molecule has 1 aliphatic heterocycles. The van der Waals surface area contributed by atoms with Gasteiger partial charge in [0.05, 0.1) is 10.00 Å². The standard InChI is InChI=1S/C17H22O2S/c1-11-12(2)17(5)13(3)16(11,4)15(20(17,18)19)14-9-7-6-8-10-14/h6-10,13,15H,1-5H3/t13?,15-,16+,17-/m0/s1. The third kappa shape index (κ3) is 1.19. The Hall–Kier alpha value is -1.09. The topological polar surface area (TPSA) is 34.1 Å². The summed E-state index contributed by atoms with van der Waals surface area (Å²) in [5, 5.41) is -0.417. The lowest BCUT2D eigenvalue weighted by Crippen LogP contribution is -2.37. The number of allylic oxidation sites excluding steroid dienone is 1. The van der Waals surface area contributed by atoms with Crippen LogP contribution in [0, 0.1) is 11.3 Å². The van der Waals surface area contributed by atoms with E-state index in [2.05, 4.69) is 20.8 Å². The van der Waals surface area contributed by atoms with Crippen LogP contribution in [0.1, 0.15) is 45.4 Å². The third-order valence-corrected chi connectivity index (χ3v) is 9.61. The molecule has 20 heavy (non-hydrogen) atoms. The minimum absolute atomic E-state index is 0.116. The van der Waals surface area contributed by atoms with Gasteiger partial charge >= 0.3 is 0 Å². The van der Waals surface area contributed by atoms with Gasteiger partial charge in [0, 0.05) is 5.41 Å². The highest BCUT2D eigenvalue weighted by Gasteiger charge is 2.72. The molecule has 0 spiro atoms. The summed E-state index contributed by atoms with van der Waals surface area (Å²) in [6.07, 6.45) is 0. The molecule has 1 heterocycles. The van der Waals surface area contributed by atoms with Crippen molar-refractivity contribution in [2.24, 2.45) is 11.3 Å². The Kier molecular flexibility index (Phi) is 2.61. The molecule has 2 aliphatic rings. The Morgan fingerprint density at radius 1 is 1.00 bits per heavy atom. The predicted octanol–water partition coefficient (Wildman–Crippen LogP) is 3.91. The van der Waals surface area contributed by atoms with Crippen LogP contribution in [0.5, 0.6) is 0 Å². The molecule has 1 unspecified atom stereocenters. The summed E-state index contributed by atoms with van der Waals surface area (Å²) in [6, 6.07) is 9.70. The first-order valence-corrected chi connectivity index (χ1v) is 8.71. The number of benzene rings is 1. The van der Waals surface area contributed by atoms with Crippen LogP contribution in [0.3, 0.4) is 0 Å². The van der Waals surface area contributed by atoms with E-state index in [0.717, 1.165) is 11.1 Å². The molecular weight excluding hydrogens is 268 g/mol. The summed E-state index contributed by atoms with van der Waals surface area (Å²) in [4.78, 5) is 0. The molecule has 1 aromatic carbocycles. The summed E-state index contributed by atoms with van der Waals surface area (Å²) in [5.41, 5.74) is 2.95. The zero-order chi connectivity index (χ0) is 14.9. The van der Waals surface area contributed by atoms with Crippen molar-refractivity contribution in [3.05, 3.63) is 47.0 Å². The number of rotatable bonds is 1. The Balaban J connectivity index is 2.35. The third-order valence-electron chi connectivity index (χ3n) is 6.39. The largest absolute Gasteiger partial charge is 0.227 e. The summed E-state index contributed by atoms with van der Waals surface area (Å²) in [5.74, 6) is 0.116. The van der Waals surface area contributed by atoms with Gasteiger partial charge in [0.25, 0.3) is 0 Å². The van der Waals surface area contributed by atoms with Gasteiger partial charge in [-0.15, -0.1) is 0 Å². The van der Waals surface area contributed by atoms with Gasteiger partial charge in [-0.1, -0.05) is 55.3 Å². The van der Waals surface area contributed by atoms with Gasteiger partial charge in [0.2, 0.25) is 0 Å². The van der Waals surface area contributed by atoms with Crippen LogP contribution in [-0.4, -0.2) is 13.2 Å². The molecule has 2 bridgehead atoms. The number of sulfone groups is 1. The molecule has 4 atom stereocenters. The van der Waals surface area contributed by atoms with E-state index in [0.29, 0.717) is 0 Å². The highest BCUT2D eigenvalue weighted by molar-refractivity contribution is 7.93. The maximum atomic E-state index is 13.2. The normalized spacial score (nSPS) is 42.2. The summed E-state index contributed by atoms with van der Waals surface area (Å²) in [6.45, 7) is 10.3. The van der Waals surface area contributed by atoms with Crippen molar-refractivity contribution in [1.29, 1.82) is 0 Å². The molecule has 0 saturated carbocycles. The molecule has 3 rings (SSSR count). The van der Waals surface area contributed by atoms with Gasteiger partial charge in [0.15, 0.2) is 9.84 Å². The molecule has 0 aromatic heterocycles. The molecule has 1 fully saturated rings. The molecular formula is C17H22O2S. The second kappa shape index (κ2) is 3.76. The first-order chi connectivity index (χ1) is 9.20. The van der Waals surface area contributed by atoms with Crippen LogP contribution in [0.4, 0.5) is 0 Å². The van der Waals surface area contributed by atoms with E-state index >= 15 is 0 Å². The van der Waals surface area contributed by atoms with Crippen LogP contribution in [0.25, 0.3) is 0 Å². The van der Waals surface area contributed by atoms with E-state index in [4.69, 9.17) is 0 Å². The number of fused-ring (bicyclic) bond motifs is 2. The number of hydrogen-bond donors (Lipinski definition) is 0. The summed E-state index contributed by atoms with van der Waals surface area (Å²) < 4.78 is 25.7. The van der Waals surface area contributed by atoms with Crippen molar-refractivity contribution >= 4 is 9.84 Å². The SMILES string of the molecule is CC1=C(C)[C@]2(C)C(C)[C@@]1(C)S(=O)(=O)[C@H]2c1ccccc1. The van der Waals surface area contributed by atoms with Gasteiger partial charge < -0.3 is 0 Å². The van der Waals surface area contributed by atoms with Gasteiger partial charge in [-0.05, 0) is 32.3 Å². The molecule has 3 heteroatoms. The lowest BCUT2D eigenvalue weighted by Gasteiger charge is -2.35. The number of hydrogen-bond acceptors (Lipinski definition) is 2. The van der Waals surface area contributed by atoms with Crippen LogP contribution < -0.4 is 0 Å². The second-order valence-electron chi connectivity index (χ2n) is 6.70. The Bertz CT molecular complexity index is 702. The van der Waals surface area contributed by atoms with Crippen LogP contribution in [0.15, 0.2) is 41.5 Å². The van der Waals surface area contributed by atoms with E-state index in [1.807, 2.05) is 44.2 Å². The summed E-state index contributed by atoms with van der Waals surface area (Å²) in [7, 11) is -3.23. The van der Waals surface area contributed by atoms with E-state index in [1.165, 1.54) is 5.57 Å². The first-order valence-electron chi connectivity index (χ1n) is 7.17. The van der Waals surface area contributed by atoms with Crippen LogP contribution in [0.2, 0.25) is 0 Å². The fourth-order valence-electron chi connectivity index (χ4n) is 4.60. The molecule has 0 amide bonds. The monoisotopic (exact) mass is 290 g/mol. The Morgan fingerprint density at radius 2 is 1.55 bits per heavy atom. The molecule has 0 N–H and O–H groups in total. The second-order valence-corrected chi connectivity index (χ2v) is 9.11. The summed E-state index contributed by atoms with van der Waals surface area (Å²) >= 11 is 0. The van der Waals surface area contributed by atoms with E-state index in [1.54, 1.807) is 0 Å². The molecule has 1 aromatic rings. The zero-order valence-electron chi connectivity index (χ0n) is 12.8. The van der Waals surface area contributed by atoms with Crippen molar-refractivity contribution in [3.63, 3.8) is 0 Å². The van der Waals surface area contributed by atoms with Crippen LogP contribution in [-0.2, 0) is 9.84 Å². The highest BCUT2D eigenvalue weighted by Crippen LogP contribution is 2.70. The maximum Gasteiger partial charge on any atom is 0.167 e. The van der Waals surface area contributed by atoms with Gasteiger partial charge in [0.1, 0.15) is 0 Å². The van der Waals surface area contributed by atoms with Crippen molar-refractivity contribution in [3.8, 4) is 0 Å². The minimum atomic E-state index is -3.23. The van der Waals surface area contributed by atoms with E-state index in [9.17, 15) is 8.42 Å². The van der Waals surface area contributed by atoms with Gasteiger partial charge in [-0.25, -0.2) is 8.42 Å². The Labute approximate surface area is 121 Å². The Morgan fingerprint density at radius 3 is 2.05 bits per heavy atom. The van der Waals surface area contributed by atoms with Crippen molar-refractivity contribution in [2.75, 3.05) is 0 Å². The average molecular weight is 290 g/mol. The van der Waals surface area contributed by atoms with Crippen LogP contribution >= 0.6 is 0 Å². The van der Waals surface area contributed by atoms with Crippen molar-refractivity contribution < 1.29 is 8.42 Å². The predicted molar refractivity (Wildman–Crippen MR) is 82.2 cm³/mol. The van der Waals surface area contributed by atoms with E-state index < -0.39 is 19.8 Å². The van der Waals surface area contributed by atoms with Crippen molar-refractivity contribution in [2.45, 2.75) is 44.6 Å². The minimum Gasteiger partial charge on any atom is -0.227 e. The quantitative estimate of drug-likeness (QED) is 0.735. The molecule has 2 nitrogen and oxygen atoms in total. The lowest BCUT2D eigenvalue weighted by molar-refractivity contribution is 0.275. The highest BCUT2D eigenvalue weighted by atomic mass is 32.2. The zero-order valence-corrected chi connectivity index (χ0v) is 13.6. The molecule has 108 valence electrons. The van der Waals surface area contributed by atoms with E-state index in [-0.39, 0.29) is 11.3 Å². The maximum absolute atomic E-state index is 13.2. The van der Waals surface area contributed by atoms with Gasteiger partial charge in [-0.3, -0.25) is 0 Å². The lowest BCUT2D eigenvalue weighted by atomic mass is 9.70. The smallest absolute Gasteiger partial charge is 0.167 e. The first kappa shape index (κ1) is 13.9.